The van der Waals surface area contributed by atoms with Crippen LogP contribution in [0.4, 0.5) is 10.1 Å². The maximum Gasteiger partial charge on any atom is 0.303 e. The molecule has 0 saturated carbocycles. The Morgan fingerprint density at radius 1 is 1.38 bits per heavy atom. The molecule has 1 heterocycles. The number of nitrogens with zero attached hydrogens (tertiary/aromatic N) is 1. The average molecular weight is 294 g/mol. The summed E-state index contributed by atoms with van der Waals surface area (Å²) in [5, 5.41) is 8.84. The van der Waals surface area contributed by atoms with Crippen LogP contribution in [0.3, 0.4) is 0 Å². The number of halogens is 1. The predicted molar refractivity (Wildman–Crippen MR) is 76.8 cm³/mol. The lowest BCUT2D eigenvalue weighted by Gasteiger charge is -2.38. The fourth-order valence-corrected chi connectivity index (χ4v) is 2.90. The fourth-order valence-electron chi connectivity index (χ4n) is 2.90. The Hall–Kier alpha value is -2.11. The first-order chi connectivity index (χ1) is 10.0. The number of hydrogen-bond acceptors (Lipinski definition) is 3. The zero-order valence-corrected chi connectivity index (χ0v) is 11.7. The van der Waals surface area contributed by atoms with Crippen molar-refractivity contribution in [2.24, 2.45) is 5.73 Å². The van der Waals surface area contributed by atoms with Gasteiger partial charge in [-0.15, -0.1) is 0 Å². The molecule has 3 N–H and O–H groups in total. The molecule has 1 unspecified atom stereocenters. The highest BCUT2D eigenvalue weighted by Gasteiger charge is 2.27. The van der Waals surface area contributed by atoms with Crippen LogP contribution in [0.2, 0.25) is 0 Å². The molecule has 6 heteroatoms. The molecule has 1 fully saturated rings. The Morgan fingerprint density at radius 3 is 2.81 bits per heavy atom. The first-order valence-electron chi connectivity index (χ1n) is 7.07. The number of carboxylic acid groups (broad SMARTS) is 1. The van der Waals surface area contributed by atoms with Gasteiger partial charge in [0.25, 0.3) is 5.91 Å². The third-order valence-corrected chi connectivity index (χ3v) is 3.87. The Kier molecular flexibility index (Phi) is 4.77. The van der Waals surface area contributed by atoms with Crippen molar-refractivity contribution >= 4 is 17.6 Å². The van der Waals surface area contributed by atoms with Crippen LogP contribution in [0.15, 0.2) is 18.2 Å². The van der Waals surface area contributed by atoms with Gasteiger partial charge in [-0.2, -0.15) is 0 Å². The Morgan fingerprint density at radius 2 is 2.14 bits per heavy atom. The highest BCUT2D eigenvalue weighted by atomic mass is 19.1. The first kappa shape index (κ1) is 15.3. The number of carbonyl (C=O) groups is 2. The van der Waals surface area contributed by atoms with E-state index < -0.39 is 17.7 Å². The van der Waals surface area contributed by atoms with E-state index in [0.29, 0.717) is 18.7 Å². The van der Waals surface area contributed by atoms with Crippen molar-refractivity contribution in [1.29, 1.82) is 0 Å². The quantitative estimate of drug-likeness (QED) is 0.871. The Balaban J connectivity index is 2.31. The SMILES string of the molecule is NC(=O)c1c(F)cccc1N1CCCCC1CCC(=O)O. The smallest absolute Gasteiger partial charge is 0.303 e. The monoisotopic (exact) mass is 294 g/mol. The molecule has 1 atom stereocenters. The lowest BCUT2D eigenvalue weighted by atomic mass is 9.96. The molecule has 0 aliphatic carbocycles. The summed E-state index contributed by atoms with van der Waals surface area (Å²) < 4.78 is 13.9. The second-order valence-corrected chi connectivity index (χ2v) is 5.27. The van der Waals surface area contributed by atoms with Gasteiger partial charge in [-0.05, 0) is 37.8 Å². The maximum absolute atomic E-state index is 13.9. The Bertz CT molecular complexity index is 548. The topological polar surface area (TPSA) is 83.6 Å². The summed E-state index contributed by atoms with van der Waals surface area (Å²) in [6.07, 6.45) is 3.30. The standard InChI is InChI=1S/C15H19FN2O3/c16-11-5-3-6-12(14(11)15(17)21)18-9-2-1-4-10(18)7-8-13(19)20/h3,5-6,10H,1-2,4,7-9H2,(H2,17,21)(H,19,20). The number of hydrogen-bond donors (Lipinski definition) is 2. The van der Waals surface area contributed by atoms with E-state index in [-0.39, 0.29) is 18.0 Å². The van der Waals surface area contributed by atoms with Gasteiger partial charge in [-0.1, -0.05) is 6.07 Å². The lowest BCUT2D eigenvalue weighted by molar-refractivity contribution is -0.137. The molecule has 0 bridgehead atoms. The van der Waals surface area contributed by atoms with E-state index in [1.165, 1.54) is 6.07 Å². The number of amides is 1. The molecule has 1 saturated heterocycles. The predicted octanol–water partition coefficient (Wildman–Crippen LogP) is 2.15. The molecule has 0 radical (unpaired) electrons. The number of aliphatic carboxylic acids is 1. The zero-order chi connectivity index (χ0) is 15.4. The summed E-state index contributed by atoms with van der Waals surface area (Å²) in [6.45, 7) is 0.675. The number of benzene rings is 1. The van der Waals surface area contributed by atoms with Gasteiger partial charge in [0.15, 0.2) is 0 Å². The molecule has 0 spiro atoms. The summed E-state index contributed by atoms with van der Waals surface area (Å²) in [7, 11) is 0. The van der Waals surface area contributed by atoms with Gasteiger partial charge in [-0.3, -0.25) is 9.59 Å². The number of carbonyl (C=O) groups excluding carboxylic acids is 1. The molecule has 1 aliphatic heterocycles. The van der Waals surface area contributed by atoms with Gasteiger partial charge in [0.05, 0.1) is 11.3 Å². The van der Waals surface area contributed by atoms with E-state index in [2.05, 4.69) is 0 Å². The van der Waals surface area contributed by atoms with Crippen molar-refractivity contribution < 1.29 is 19.1 Å². The third-order valence-electron chi connectivity index (χ3n) is 3.87. The molecular formula is C15H19FN2O3. The van der Waals surface area contributed by atoms with Crippen molar-refractivity contribution in [1.82, 2.24) is 0 Å². The average Bonchev–Trinajstić information content (AvgIpc) is 2.44. The van der Waals surface area contributed by atoms with Crippen molar-refractivity contribution in [3.05, 3.63) is 29.6 Å². The molecular weight excluding hydrogens is 275 g/mol. The van der Waals surface area contributed by atoms with E-state index in [1.54, 1.807) is 12.1 Å². The molecule has 2 rings (SSSR count). The highest BCUT2D eigenvalue weighted by Crippen LogP contribution is 2.31. The number of carboxylic acids is 1. The second-order valence-electron chi connectivity index (χ2n) is 5.27. The highest BCUT2D eigenvalue weighted by molar-refractivity contribution is 5.99. The summed E-state index contributed by atoms with van der Waals surface area (Å²) in [6, 6.07) is 4.41. The van der Waals surface area contributed by atoms with Gasteiger partial charge in [0.2, 0.25) is 0 Å². The van der Waals surface area contributed by atoms with Crippen LogP contribution in [-0.4, -0.2) is 29.6 Å². The van der Waals surface area contributed by atoms with E-state index in [4.69, 9.17) is 10.8 Å². The van der Waals surface area contributed by atoms with Gasteiger partial charge < -0.3 is 15.7 Å². The normalized spacial score (nSPS) is 18.5. The largest absolute Gasteiger partial charge is 0.481 e. The van der Waals surface area contributed by atoms with Crippen LogP contribution < -0.4 is 10.6 Å². The summed E-state index contributed by atoms with van der Waals surface area (Å²) >= 11 is 0. The molecule has 114 valence electrons. The zero-order valence-electron chi connectivity index (χ0n) is 11.7. The van der Waals surface area contributed by atoms with E-state index in [0.717, 1.165) is 19.3 Å². The van der Waals surface area contributed by atoms with Crippen molar-refractivity contribution in [3.63, 3.8) is 0 Å². The van der Waals surface area contributed by atoms with Gasteiger partial charge in [0, 0.05) is 19.0 Å². The molecule has 1 aromatic rings. The molecule has 21 heavy (non-hydrogen) atoms. The molecule has 5 nitrogen and oxygen atoms in total. The van der Waals surface area contributed by atoms with Crippen molar-refractivity contribution in [2.45, 2.75) is 38.1 Å². The minimum atomic E-state index is -0.852. The maximum atomic E-state index is 13.9. The summed E-state index contributed by atoms with van der Waals surface area (Å²) in [5.74, 6) is -2.29. The summed E-state index contributed by atoms with van der Waals surface area (Å²) in [4.78, 5) is 24.2. The van der Waals surface area contributed by atoms with Gasteiger partial charge in [-0.25, -0.2) is 4.39 Å². The van der Waals surface area contributed by atoms with E-state index >= 15 is 0 Å². The minimum Gasteiger partial charge on any atom is -0.481 e. The molecule has 0 aromatic heterocycles. The Labute approximate surface area is 122 Å². The van der Waals surface area contributed by atoms with Crippen LogP contribution in [0, 0.1) is 5.82 Å². The van der Waals surface area contributed by atoms with Crippen LogP contribution in [0.25, 0.3) is 0 Å². The number of nitrogens with two attached hydrogens (primary N) is 1. The number of rotatable bonds is 5. The second kappa shape index (κ2) is 6.56. The van der Waals surface area contributed by atoms with Crippen LogP contribution >= 0.6 is 0 Å². The van der Waals surface area contributed by atoms with Crippen LogP contribution in [0.1, 0.15) is 42.5 Å². The van der Waals surface area contributed by atoms with Crippen molar-refractivity contribution in [2.75, 3.05) is 11.4 Å². The first-order valence-corrected chi connectivity index (χ1v) is 7.07. The number of anilines is 1. The minimum absolute atomic E-state index is 0.00486. The number of piperidine rings is 1. The van der Waals surface area contributed by atoms with Crippen LogP contribution in [0.5, 0.6) is 0 Å². The molecule has 1 aromatic carbocycles. The third kappa shape index (κ3) is 3.51. The molecule has 1 aliphatic rings. The fraction of sp³-hybridized carbons (Fsp3) is 0.467. The van der Waals surface area contributed by atoms with E-state index in [1.807, 2.05) is 4.90 Å². The van der Waals surface area contributed by atoms with Crippen molar-refractivity contribution in [3.8, 4) is 0 Å². The van der Waals surface area contributed by atoms with Crippen LogP contribution in [-0.2, 0) is 4.79 Å². The molecule has 1 amide bonds. The van der Waals surface area contributed by atoms with E-state index in [9.17, 15) is 14.0 Å². The number of primary amides is 1. The lowest BCUT2D eigenvalue weighted by Crippen LogP contribution is -2.41. The summed E-state index contributed by atoms with van der Waals surface area (Å²) in [5.41, 5.74) is 5.65. The van der Waals surface area contributed by atoms with Gasteiger partial charge in [0.1, 0.15) is 5.82 Å². The van der Waals surface area contributed by atoms with Gasteiger partial charge >= 0.3 is 5.97 Å².